The van der Waals surface area contributed by atoms with Crippen LogP contribution in [0.3, 0.4) is 0 Å². The summed E-state index contributed by atoms with van der Waals surface area (Å²) in [5, 5.41) is 6.60. The summed E-state index contributed by atoms with van der Waals surface area (Å²) in [5.74, 6) is -3.14. The Morgan fingerprint density at radius 2 is 1.72 bits per heavy atom. The molecule has 1 N–H and O–H groups in total. The number of anilines is 1. The Kier molecular flexibility index (Phi) is 5.63. The van der Waals surface area contributed by atoms with Crippen molar-refractivity contribution in [2.45, 2.75) is 13.3 Å². The first-order valence-corrected chi connectivity index (χ1v) is 9.76. The van der Waals surface area contributed by atoms with Crippen LogP contribution in [-0.4, -0.2) is 20.7 Å². The number of benzene rings is 2. The second kappa shape index (κ2) is 8.54. The SMILES string of the molecule is CCc1c(-c2ccc(NC(=O)c3c(F)cccc3F)cc2)cncc1-c1nn(C)c(=O)o1. The third-order valence-corrected chi connectivity index (χ3v) is 4.97. The fourth-order valence-electron chi connectivity index (χ4n) is 3.40. The first kappa shape index (κ1) is 21.1. The van der Waals surface area contributed by atoms with Crippen LogP contribution in [0, 0.1) is 11.6 Å². The highest BCUT2D eigenvalue weighted by Gasteiger charge is 2.18. The van der Waals surface area contributed by atoms with Gasteiger partial charge < -0.3 is 9.73 Å². The van der Waals surface area contributed by atoms with Crippen molar-refractivity contribution < 1.29 is 18.0 Å². The van der Waals surface area contributed by atoms with Crippen LogP contribution in [0.1, 0.15) is 22.8 Å². The Morgan fingerprint density at radius 3 is 2.31 bits per heavy atom. The highest BCUT2D eigenvalue weighted by molar-refractivity contribution is 6.04. The summed E-state index contributed by atoms with van der Waals surface area (Å²) in [6, 6.07) is 10.00. The Labute approximate surface area is 181 Å². The number of hydrogen-bond acceptors (Lipinski definition) is 5. The second-order valence-corrected chi connectivity index (χ2v) is 6.99. The Morgan fingerprint density at radius 1 is 1.06 bits per heavy atom. The van der Waals surface area contributed by atoms with E-state index in [2.05, 4.69) is 15.4 Å². The van der Waals surface area contributed by atoms with Crippen molar-refractivity contribution in [2.24, 2.45) is 7.05 Å². The zero-order valence-electron chi connectivity index (χ0n) is 17.2. The zero-order valence-corrected chi connectivity index (χ0v) is 17.2. The molecule has 4 aromatic rings. The standard InChI is InChI=1S/C23H18F2N4O3/c1-3-15-16(11-26-12-17(15)22-28-29(2)23(31)32-22)13-7-9-14(10-8-13)27-21(30)20-18(24)5-4-6-19(20)25/h4-12H,3H2,1-2H3,(H,27,30). The van der Waals surface area contributed by atoms with Crippen LogP contribution in [0.5, 0.6) is 0 Å². The molecule has 0 fully saturated rings. The van der Waals surface area contributed by atoms with Gasteiger partial charge in [-0.2, -0.15) is 4.68 Å². The molecule has 0 unspecified atom stereocenters. The number of pyridine rings is 1. The van der Waals surface area contributed by atoms with E-state index in [0.29, 0.717) is 17.7 Å². The lowest BCUT2D eigenvalue weighted by Crippen LogP contribution is -2.15. The molecule has 9 heteroatoms. The number of rotatable bonds is 5. The summed E-state index contributed by atoms with van der Waals surface area (Å²) in [5.41, 5.74) is 2.82. The predicted molar refractivity (Wildman–Crippen MR) is 114 cm³/mol. The Hall–Kier alpha value is -4.14. The summed E-state index contributed by atoms with van der Waals surface area (Å²) in [7, 11) is 1.50. The number of carbonyl (C=O) groups excluding carboxylic acids is 1. The fourth-order valence-corrected chi connectivity index (χ4v) is 3.40. The van der Waals surface area contributed by atoms with Crippen molar-refractivity contribution >= 4 is 11.6 Å². The van der Waals surface area contributed by atoms with Crippen LogP contribution < -0.4 is 11.1 Å². The van der Waals surface area contributed by atoms with E-state index in [9.17, 15) is 18.4 Å². The van der Waals surface area contributed by atoms with Gasteiger partial charge in [0.2, 0.25) is 0 Å². The maximum absolute atomic E-state index is 13.8. The van der Waals surface area contributed by atoms with Crippen LogP contribution in [0.2, 0.25) is 0 Å². The minimum atomic E-state index is -0.934. The first-order valence-electron chi connectivity index (χ1n) is 9.76. The predicted octanol–water partition coefficient (Wildman–Crippen LogP) is 4.20. The molecule has 0 saturated heterocycles. The lowest BCUT2D eigenvalue weighted by molar-refractivity contribution is 0.101. The highest BCUT2D eigenvalue weighted by Crippen LogP contribution is 2.31. The van der Waals surface area contributed by atoms with E-state index in [1.165, 1.54) is 13.1 Å². The van der Waals surface area contributed by atoms with Crippen molar-refractivity contribution in [2.75, 3.05) is 5.32 Å². The molecule has 0 aliphatic rings. The van der Waals surface area contributed by atoms with E-state index in [0.717, 1.165) is 33.5 Å². The topological polar surface area (TPSA) is 90.0 Å². The molecule has 1 amide bonds. The third kappa shape index (κ3) is 3.92. The van der Waals surface area contributed by atoms with Gasteiger partial charge in [0.05, 0.1) is 5.56 Å². The number of amides is 1. The number of hydrogen-bond donors (Lipinski definition) is 1. The van der Waals surface area contributed by atoms with Crippen molar-refractivity contribution in [3.63, 3.8) is 0 Å². The maximum Gasteiger partial charge on any atom is 0.437 e. The summed E-state index contributed by atoms with van der Waals surface area (Å²) < 4.78 is 34.0. The molecule has 2 heterocycles. The van der Waals surface area contributed by atoms with Crippen LogP contribution in [0.25, 0.3) is 22.6 Å². The molecule has 0 saturated carbocycles. The summed E-state index contributed by atoms with van der Waals surface area (Å²) in [4.78, 5) is 28.2. The molecule has 0 radical (unpaired) electrons. The van der Waals surface area contributed by atoms with E-state index in [-0.39, 0.29) is 5.89 Å². The van der Waals surface area contributed by atoms with Crippen molar-refractivity contribution in [3.05, 3.63) is 88.2 Å². The molecule has 2 aromatic carbocycles. The largest absolute Gasteiger partial charge is 0.437 e. The first-order chi connectivity index (χ1) is 15.4. The van der Waals surface area contributed by atoms with Crippen molar-refractivity contribution in [3.8, 4) is 22.6 Å². The van der Waals surface area contributed by atoms with Gasteiger partial charge in [-0.05, 0) is 41.8 Å². The maximum atomic E-state index is 13.8. The van der Waals surface area contributed by atoms with Crippen LogP contribution in [0.15, 0.2) is 64.1 Å². The average Bonchev–Trinajstić information content (AvgIpc) is 3.11. The molecular weight excluding hydrogens is 418 g/mol. The monoisotopic (exact) mass is 436 g/mol. The van der Waals surface area contributed by atoms with Gasteiger partial charge in [-0.15, -0.1) is 5.10 Å². The van der Waals surface area contributed by atoms with E-state index >= 15 is 0 Å². The van der Waals surface area contributed by atoms with Crippen molar-refractivity contribution in [1.82, 2.24) is 14.8 Å². The van der Waals surface area contributed by atoms with Crippen LogP contribution >= 0.6 is 0 Å². The lowest BCUT2D eigenvalue weighted by atomic mass is 9.96. The van der Waals surface area contributed by atoms with Gasteiger partial charge in [-0.1, -0.05) is 25.1 Å². The lowest BCUT2D eigenvalue weighted by Gasteiger charge is -2.12. The number of carbonyl (C=O) groups is 1. The molecule has 0 atom stereocenters. The normalized spacial score (nSPS) is 10.9. The zero-order chi connectivity index (χ0) is 22.8. The van der Waals surface area contributed by atoms with Gasteiger partial charge in [0, 0.05) is 30.7 Å². The van der Waals surface area contributed by atoms with E-state index < -0.39 is 28.9 Å². The highest BCUT2D eigenvalue weighted by atomic mass is 19.1. The molecule has 7 nitrogen and oxygen atoms in total. The molecule has 32 heavy (non-hydrogen) atoms. The smallest absolute Gasteiger partial charge is 0.388 e. The minimum absolute atomic E-state index is 0.180. The molecule has 0 aliphatic carbocycles. The molecule has 0 spiro atoms. The number of nitrogens with one attached hydrogen (secondary N) is 1. The van der Waals surface area contributed by atoms with Crippen molar-refractivity contribution in [1.29, 1.82) is 0 Å². The van der Waals surface area contributed by atoms with Gasteiger partial charge in [-0.3, -0.25) is 9.78 Å². The molecule has 162 valence electrons. The van der Waals surface area contributed by atoms with E-state index in [4.69, 9.17) is 4.42 Å². The van der Waals surface area contributed by atoms with Gasteiger partial charge in [0.15, 0.2) is 0 Å². The van der Waals surface area contributed by atoms with Gasteiger partial charge in [-0.25, -0.2) is 13.6 Å². The van der Waals surface area contributed by atoms with E-state index in [1.807, 2.05) is 6.92 Å². The Balaban J connectivity index is 1.64. The molecule has 0 aliphatic heterocycles. The minimum Gasteiger partial charge on any atom is -0.388 e. The summed E-state index contributed by atoms with van der Waals surface area (Å²) in [6.45, 7) is 1.96. The quantitative estimate of drug-likeness (QED) is 0.507. The van der Waals surface area contributed by atoms with Gasteiger partial charge in [0.1, 0.15) is 17.2 Å². The number of aryl methyl sites for hydroxylation is 1. The van der Waals surface area contributed by atoms with Crippen LogP contribution in [-0.2, 0) is 13.5 Å². The second-order valence-electron chi connectivity index (χ2n) is 6.99. The molecule has 2 aromatic heterocycles. The summed E-state index contributed by atoms with van der Waals surface area (Å²) >= 11 is 0. The van der Waals surface area contributed by atoms with Crippen LogP contribution in [0.4, 0.5) is 14.5 Å². The third-order valence-electron chi connectivity index (χ3n) is 4.97. The average molecular weight is 436 g/mol. The van der Waals surface area contributed by atoms with E-state index in [1.54, 1.807) is 36.7 Å². The molecule has 0 bridgehead atoms. The number of halogens is 2. The molecule has 4 rings (SSSR count). The number of aromatic nitrogens is 3. The van der Waals surface area contributed by atoms with Gasteiger partial charge >= 0.3 is 5.76 Å². The molecular formula is C23H18F2N4O3. The van der Waals surface area contributed by atoms with Gasteiger partial charge in [0.25, 0.3) is 11.8 Å². The fraction of sp³-hybridized carbons (Fsp3) is 0.130. The number of nitrogens with zero attached hydrogens (tertiary/aromatic N) is 3. The Bertz CT molecular complexity index is 1340. The summed E-state index contributed by atoms with van der Waals surface area (Å²) in [6.07, 6.45) is 3.90.